The van der Waals surface area contributed by atoms with Crippen LogP contribution in [0.4, 0.5) is 4.39 Å². The second kappa shape index (κ2) is 8.10. The Hall–Kier alpha value is -2.05. The van der Waals surface area contributed by atoms with Gasteiger partial charge in [-0.1, -0.05) is 22.9 Å². The third-order valence-corrected chi connectivity index (χ3v) is 5.77. The molecule has 26 heavy (non-hydrogen) atoms. The molecule has 0 N–H and O–H groups in total. The second-order valence-electron chi connectivity index (χ2n) is 5.68. The van der Waals surface area contributed by atoms with Crippen molar-refractivity contribution in [2.75, 3.05) is 0 Å². The summed E-state index contributed by atoms with van der Waals surface area (Å²) in [6.45, 7) is 4.76. The van der Waals surface area contributed by atoms with E-state index in [1.807, 2.05) is 23.6 Å². The molecule has 0 aliphatic rings. The van der Waals surface area contributed by atoms with Crippen LogP contribution in [0.15, 0.2) is 58.0 Å². The lowest BCUT2D eigenvalue weighted by Crippen LogP contribution is -2.17. The number of halogens is 2. The molecule has 0 atom stereocenters. The number of carbonyl (C=O) groups is 1. The van der Waals surface area contributed by atoms with Crippen LogP contribution in [-0.2, 0) is 13.0 Å². The number of rotatable bonds is 4. The van der Waals surface area contributed by atoms with Gasteiger partial charge in [-0.05, 0) is 67.4 Å². The van der Waals surface area contributed by atoms with Crippen molar-refractivity contribution in [3.8, 4) is 11.3 Å². The molecule has 0 aliphatic carbocycles. The lowest BCUT2D eigenvalue weighted by atomic mass is 10.1. The minimum atomic E-state index is -0.269. The average molecular weight is 433 g/mol. The maximum absolute atomic E-state index is 13.3. The first-order valence-corrected chi connectivity index (χ1v) is 9.97. The van der Waals surface area contributed by atoms with Crippen molar-refractivity contribution in [2.45, 2.75) is 26.8 Å². The van der Waals surface area contributed by atoms with E-state index in [2.05, 4.69) is 27.8 Å². The average Bonchev–Trinajstić information content (AvgIpc) is 3.00. The Balaban J connectivity index is 2.12. The Morgan fingerprint density at radius 3 is 2.35 bits per heavy atom. The molecule has 3 rings (SSSR count). The van der Waals surface area contributed by atoms with Crippen LogP contribution in [-0.4, -0.2) is 10.5 Å². The van der Waals surface area contributed by atoms with Crippen LogP contribution in [0.2, 0.25) is 0 Å². The fourth-order valence-electron chi connectivity index (χ4n) is 2.74. The summed E-state index contributed by atoms with van der Waals surface area (Å²) in [4.78, 5) is 18.7. The van der Waals surface area contributed by atoms with E-state index in [9.17, 15) is 9.18 Å². The van der Waals surface area contributed by atoms with Gasteiger partial charge in [0.25, 0.3) is 5.91 Å². The number of benzene rings is 2. The van der Waals surface area contributed by atoms with Gasteiger partial charge in [0.15, 0.2) is 4.80 Å². The molecule has 1 aromatic heterocycles. The minimum Gasteiger partial charge on any atom is -0.316 e. The Bertz CT molecular complexity index is 988. The molecule has 134 valence electrons. The molecule has 2 aromatic carbocycles. The molecule has 0 fully saturated rings. The molecule has 0 radical (unpaired) electrons. The highest BCUT2D eigenvalue weighted by Crippen LogP contribution is 2.27. The maximum atomic E-state index is 13.3. The summed E-state index contributed by atoms with van der Waals surface area (Å²) in [5.41, 5.74) is 2.48. The van der Waals surface area contributed by atoms with Crippen LogP contribution < -0.4 is 4.80 Å². The first-order chi connectivity index (χ1) is 12.5. The van der Waals surface area contributed by atoms with Gasteiger partial charge in [0.1, 0.15) is 5.82 Å². The van der Waals surface area contributed by atoms with Crippen molar-refractivity contribution in [2.24, 2.45) is 4.99 Å². The van der Waals surface area contributed by atoms with Gasteiger partial charge in [-0.2, -0.15) is 4.99 Å². The van der Waals surface area contributed by atoms with E-state index in [0.717, 1.165) is 27.0 Å². The maximum Gasteiger partial charge on any atom is 0.279 e. The molecule has 3 nitrogen and oxygen atoms in total. The quantitative estimate of drug-likeness (QED) is 0.540. The largest absolute Gasteiger partial charge is 0.316 e. The van der Waals surface area contributed by atoms with Gasteiger partial charge in [0.05, 0.1) is 5.69 Å². The van der Waals surface area contributed by atoms with Crippen molar-refractivity contribution in [1.82, 2.24) is 4.57 Å². The summed E-state index contributed by atoms with van der Waals surface area (Å²) in [6.07, 6.45) is 0.819. The summed E-state index contributed by atoms with van der Waals surface area (Å²) < 4.78 is 16.2. The smallest absolute Gasteiger partial charge is 0.279 e. The van der Waals surface area contributed by atoms with Gasteiger partial charge in [-0.25, -0.2) is 4.39 Å². The topological polar surface area (TPSA) is 34.4 Å². The molecular formula is C20H18BrFN2OS. The predicted molar refractivity (Wildman–Crippen MR) is 107 cm³/mol. The first kappa shape index (κ1) is 18.7. The summed E-state index contributed by atoms with van der Waals surface area (Å²) in [5.74, 6) is -0.533. The molecule has 1 heterocycles. The predicted octanol–water partition coefficient (Wildman–Crippen LogP) is 5.44. The van der Waals surface area contributed by atoms with E-state index in [0.29, 0.717) is 16.9 Å². The normalized spacial score (nSPS) is 11.8. The van der Waals surface area contributed by atoms with Crippen molar-refractivity contribution in [1.29, 1.82) is 0 Å². The number of carbonyl (C=O) groups excluding carboxylic acids is 1. The van der Waals surface area contributed by atoms with E-state index in [4.69, 9.17) is 0 Å². The molecule has 0 saturated heterocycles. The van der Waals surface area contributed by atoms with Crippen molar-refractivity contribution < 1.29 is 9.18 Å². The zero-order valence-electron chi connectivity index (χ0n) is 14.5. The van der Waals surface area contributed by atoms with Crippen LogP contribution in [0.3, 0.4) is 0 Å². The molecule has 6 heteroatoms. The zero-order valence-corrected chi connectivity index (χ0v) is 16.9. The van der Waals surface area contributed by atoms with Gasteiger partial charge in [-0.3, -0.25) is 4.79 Å². The van der Waals surface area contributed by atoms with Gasteiger partial charge in [0.2, 0.25) is 0 Å². The molecule has 0 aliphatic heterocycles. The van der Waals surface area contributed by atoms with E-state index in [1.165, 1.54) is 23.5 Å². The van der Waals surface area contributed by atoms with E-state index in [1.54, 1.807) is 24.3 Å². The highest BCUT2D eigenvalue weighted by molar-refractivity contribution is 9.10. The number of aromatic nitrogens is 1. The lowest BCUT2D eigenvalue weighted by Gasteiger charge is -2.08. The summed E-state index contributed by atoms with van der Waals surface area (Å²) in [6, 6.07) is 13.6. The number of hydrogen-bond acceptors (Lipinski definition) is 2. The molecule has 0 spiro atoms. The fraction of sp³-hybridized carbons (Fsp3) is 0.200. The van der Waals surface area contributed by atoms with Crippen molar-refractivity contribution >= 4 is 33.2 Å². The van der Waals surface area contributed by atoms with Crippen LogP contribution in [0, 0.1) is 5.82 Å². The van der Waals surface area contributed by atoms with Crippen LogP contribution in [0.1, 0.15) is 29.1 Å². The molecule has 3 aromatic rings. The Kier molecular flexibility index (Phi) is 5.84. The summed E-state index contributed by atoms with van der Waals surface area (Å²) in [7, 11) is 0. The van der Waals surface area contributed by atoms with Gasteiger partial charge in [0, 0.05) is 21.5 Å². The Morgan fingerprint density at radius 2 is 1.77 bits per heavy atom. The third-order valence-electron chi connectivity index (χ3n) is 4.02. The molecule has 1 amide bonds. The number of nitrogens with zero attached hydrogens (tertiary/aromatic N) is 2. The number of hydrogen-bond donors (Lipinski definition) is 0. The van der Waals surface area contributed by atoms with E-state index >= 15 is 0 Å². The monoisotopic (exact) mass is 432 g/mol. The molecule has 0 bridgehead atoms. The number of aryl methyl sites for hydroxylation is 1. The van der Waals surface area contributed by atoms with Crippen molar-refractivity contribution in [3.05, 3.63) is 74.1 Å². The molecule has 0 saturated carbocycles. The minimum absolute atomic E-state index is 0.264. The Morgan fingerprint density at radius 1 is 1.12 bits per heavy atom. The summed E-state index contributed by atoms with van der Waals surface area (Å²) in [5, 5.41) is 0. The van der Waals surface area contributed by atoms with Gasteiger partial charge < -0.3 is 4.57 Å². The Labute approximate surface area is 164 Å². The van der Waals surface area contributed by atoms with E-state index < -0.39 is 0 Å². The van der Waals surface area contributed by atoms with Crippen LogP contribution in [0.25, 0.3) is 11.3 Å². The highest BCUT2D eigenvalue weighted by atomic mass is 79.9. The fourth-order valence-corrected chi connectivity index (χ4v) is 4.16. The van der Waals surface area contributed by atoms with Crippen LogP contribution in [0.5, 0.6) is 0 Å². The SMILES string of the molecule is CCc1sc(=NC(=O)c2ccc(Br)cc2)n(CC)c1-c1ccc(F)cc1. The van der Waals surface area contributed by atoms with Gasteiger partial charge >= 0.3 is 0 Å². The highest BCUT2D eigenvalue weighted by Gasteiger charge is 2.15. The van der Waals surface area contributed by atoms with E-state index in [-0.39, 0.29) is 11.7 Å². The first-order valence-electron chi connectivity index (χ1n) is 8.36. The van der Waals surface area contributed by atoms with Crippen molar-refractivity contribution in [3.63, 3.8) is 0 Å². The number of amides is 1. The van der Waals surface area contributed by atoms with Gasteiger partial charge in [-0.15, -0.1) is 11.3 Å². The zero-order chi connectivity index (χ0) is 18.7. The summed E-state index contributed by atoms with van der Waals surface area (Å²) >= 11 is 4.88. The van der Waals surface area contributed by atoms with Crippen LogP contribution >= 0.6 is 27.3 Å². The molecule has 0 unspecified atom stereocenters. The standard InChI is InChI=1S/C20H18BrFN2OS/c1-3-17-18(13-7-11-16(22)12-8-13)24(4-2)20(26-17)23-19(25)14-5-9-15(21)10-6-14/h5-12H,3-4H2,1-2H3. The third kappa shape index (κ3) is 3.86. The number of thiazole rings is 1. The lowest BCUT2D eigenvalue weighted by molar-refractivity contribution is 0.0998. The molecular weight excluding hydrogens is 415 g/mol. The second-order valence-corrected chi connectivity index (χ2v) is 7.66.